The third kappa shape index (κ3) is 2.55. The SMILES string of the molecule is O=Cc1cc(C(F)F)nc(Br)c1C(F)(F)F. The van der Waals surface area contributed by atoms with Crippen LogP contribution in [0.5, 0.6) is 0 Å². The summed E-state index contributed by atoms with van der Waals surface area (Å²) in [4.78, 5) is 13.4. The van der Waals surface area contributed by atoms with E-state index in [0.29, 0.717) is 6.07 Å². The van der Waals surface area contributed by atoms with E-state index < -0.39 is 34.0 Å². The van der Waals surface area contributed by atoms with Gasteiger partial charge in [0.15, 0.2) is 6.29 Å². The summed E-state index contributed by atoms with van der Waals surface area (Å²) in [5.74, 6) is 0. The fourth-order valence-corrected chi connectivity index (χ4v) is 1.70. The van der Waals surface area contributed by atoms with Crippen LogP contribution in [0.2, 0.25) is 0 Å². The number of carbonyl (C=O) groups excluding carboxylic acids is 1. The van der Waals surface area contributed by atoms with E-state index in [1.807, 2.05) is 0 Å². The van der Waals surface area contributed by atoms with E-state index in [1.165, 1.54) is 0 Å². The topological polar surface area (TPSA) is 30.0 Å². The molecule has 1 heterocycles. The molecule has 88 valence electrons. The Kier molecular flexibility index (Phi) is 3.61. The molecule has 16 heavy (non-hydrogen) atoms. The van der Waals surface area contributed by atoms with Crippen molar-refractivity contribution in [2.75, 3.05) is 0 Å². The normalized spacial score (nSPS) is 11.9. The first-order chi connectivity index (χ1) is 7.27. The quantitative estimate of drug-likeness (QED) is 0.474. The molecule has 0 aromatic carbocycles. The zero-order valence-electron chi connectivity index (χ0n) is 7.36. The largest absolute Gasteiger partial charge is 0.419 e. The average Bonchev–Trinajstić information content (AvgIpc) is 2.14. The van der Waals surface area contributed by atoms with Crippen molar-refractivity contribution in [3.05, 3.63) is 27.5 Å². The number of pyridine rings is 1. The van der Waals surface area contributed by atoms with Crippen molar-refractivity contribution >= 4 is 22.2 Å². The molecule has 0 fully saturated rings. The van der Waals surface area contributed by atoms with E-state index in [4.69, 9.17) is 0 Å². The number of hydrogen-bond donors (Lipinski definition) is 0. The molecule has 0 aliphatic carbocycles. The van der Waals surface area contributed by atoms with Crippen LogP contribution in [0.1, 0.15) is 28.0 Å². The van der Waals surface area contributed by atoms with Gasteiger partial charge in [0.05, 0.1) is 5.56 Å². The Bertz CT molecular complexity index is 418. The van der Waals surface area contributed by atoms with Crippen LogP contribution in [0.3, 0.4) is 0 Å². The zero-order chi connectivity index (χ0) is 12.5. The van der Waals surface area contributed by atoms with Crippen molar-refractivity contribution < 1.29 is 26.7 Å². The van der Waals surface area contributed by atoms with Gasteiger partial charge < -0.3 is 0 Å². The maximum Gasteiger partial charge on any atom is 0.419 e. The molecule has 0 atom stereocenters. The fourth-order valence-electron chi connectivity index (χ4n) is 1.04. The molecule has 8 heteroatoms. The Morgan fingerprint density at radius 1 is 1.38 bits per heavy atom. The summed E-state index contributed by atoms with van der Waals surface area (Å²) in [6.07, 6.45) is -8.01. The number of hydrogen-bond acceptors (Lipinski definition) is 2. The molecule has 0 spiro atoms. The summed E-state index contributed by atoms with van der Waals surface area (Å²) in [7, 11) is 0. The zero-order valence-corrected chi connectivity index (χ0v) is 8.94. The van der Waals surface area contributed by atoms with Crippen LogP contribution < -0.4 is 0 Å². The van der Waals surface area contributed by atoms with E-state index in [9.17, 15) is 26.7 Å². The van der Waals surface area contributed by atoms with Crippen molar-refractivity contribution in [2.45, 2.75) is 12.6 Å². The van der Waals surface area contributed by atoms with Crippen molar-refractivity contribution in [1.29, 1.82) is 0 Å². The Morgan fingerprint density at radius 2 is 1.94 bits per heavy atom. The second-order valence-electron chi connectivity index (χ2n) is 2.72. The number of carbonyl (C=O) groups is 1. The molecule has 1 aromatic heterocycles. The van der Waals surface area contributed by atoms with Gasteiger partial charge >= 0.3 is 6.18 Å². The predicted octanol–water partition coefficient (Wildman–Crippen LogP) is 3.61. The van der Waals surface area contributed by atoms with E-state index in [0.717, 1.165) is 0 Å². The molecule has 1 aromatic rings. The molecule has 0 unspecified atom stereocenters. The van der Waals surface area contributed by atoms with Crippen LogP contribution in [-0.4, -0.2) is 11.3 Å². The lowest BCUT2D eigenvalue weighted by Crippen LogP contribution is -2.12. The summed E-state index contributed by atoms with van der Waals surface area (Å²) in [5, 5.41) is 0. The Hall–Kier alpha value is -1.05. The van der Waals surface area contributed by atoms with Gasteiger partial charge in [-0.05, 0) is 22.0 Å². The Morgan fingerprint density at radius 3 is 2.31 bits per heavy atom. The Labute approximate surface area is 94.6 Å². The Balaban J connectivity index is 3.47. The molecular formula is C8H3BrF5NO. The minimum Gasteiger partial charge on any atom is -0.298 e. The van der Waals surface area contributed by atoms with Crippen LogP contribution in [0, 0.1) is 0 Å². The standard InChI is InChI=1S/C8H3BrF5NO/c9-6-5(8(12,13)14)3(2-16)1-4(15-6)7(10)11/h1-2,7H. The molecule has 0 saturated carbocycles. The molecular weight excluding hydrogens is 301 g/mol. The number of alkyl halides is 5. The molecule has 0 aliphatic rings. The van der Waals surface area contributed by atoms with Gasteiger partial charge in [-0.2, -0.15) is 13.2 Å². The van der Waals surface area contributed by atoms with Gasteiger partial charge in [0.25, 0.3) is 6.43 Å². The summed E-state index contributed by atoms with van der Waals surface area (Å²) in [6, 6.07) is 0.422. The van der Waals surface area contributed by atoms with Crippen molar-refractivity contribution in [3.63, 3.8) is 0 Å². The van der Waals surface area contributed by atoms with Gasteiger partial charge in [0.2, 0.25) is 0 Å². The van der Waals surface area contributed by atoms with Gasteiger partial charge in [-0.1, -0.05) is 0 Å². The summed E-state index contributed by atoms with van der Waals surface area (Å²) in [6.45, 7) is 0. The lowest BCUT2D eigenvalue weighted by molar-refractivity contribution is -0.138. The molecule has 0 bridgehead atoms. The highest BCUT2D eigenvalue weighted by Crippen LogP contribution is 2.37. The highest BCUT2D eigenvalue weighted by Gasteiger charge is 2.37. The lowest BCUT2D eigenvalue weighted by atomic mass is 10.1. The van der Waals surface area contributed by atoms with Crippen LogP contribution in [0.4, 0.5) is 22.0 Å². The van der Waals surface area contributed by atoms with E-state index in [2.05, 4.69) is 20.9 Å². The van der Waals surface area contributed by atoms with Gasteiger partial charge in [0.1, 0.15) is 10.3 Å². The van der Waals surface area contributed by atoms with E-state index in [-0.39, 0.29) is 6.29 Å². The molecule has 0 saturated heterocycles. The smallest absolute Gasteiger partial charge is 0.298 e. The number of halogens is 6. The first kappa shape index (κ1) is 13.0. The van der Waals surface area contributed by atoms with Crippen molar-refractivity contribution in [2.24, 2.45) is 0 Å². The molecule has 0 N–H and O–H groups in total. The van der Waals surface area contributed by atoms with Crippen molar-refractivity contribution in [3.8, 4) is 0 Å². The van der Waals surface area contributed by atoms with Crippen LogP contribution >= 0.6 is 15.9 Å². The molecule has 1 rings (SSSR count). The van der Waals surface area contributed by atoms with Crippen LogP contribution in [0.25, 0.3) is 0 Å². The van der Waals surface area contributed by atoms with E-state index >= 15 is 0 Å². The molecule has 2 nitrogen and oxygen atoms in total. The van der Waals surface area contributed by atoms with Gasteiger partial charge in [-0.15, -0.1) is 0 Å². The minimum absolute atomic E-state index is 0.138. The second kappa shape index (κ2) is 4.44. The molecule has 0 amide bonds. The average molecular weight is 304 g/mol. The van der Waals surface area contributed by atoms with Crippen LogP contribution in [-0.2, 0) is 6.18 Å². The fraction of sp³-hybridized carbons (Fsp3) is 0.250. The molecule has 0 radical (unpaired) electrons. The number of rotatable bonds is 2. The number of aldehydes is 1. The van der Waals surface area contributed by atoms with Gasteiger partial charge in [-0.25, -0.2) is 13.8 Å². The summed E-state index contributed by atoms with van der Waals surface area (Å²) < 4.78 is 60.8. The summed E-state index contributed by atoms with van der Waals surface area (Å²) >= 11 is 2.42. The third-order valence-corrected chi connectivity index (χ3v) is 2.23. The highest BCUT2D eigenvalue weighted by atomic mass is 79.9. The highest BCUT2D eigenvalue weighted by molar-refractivity contribution is 9.10. The first-order valence-corrected chi connectivity index (χ1v) is 4.57. The second-order valence-corrected chi connectivity index (χ2v) is 3.47. The maximum atomic E-state index is 12.4. The molecule has 0 aliphatic heterocycles. The number of aromatic nitrogens is 1. The minimum atomic E-state index is -4.83. The first-order valence-electron chi connectivity index (χ1n) is 3.78. The van der Waals surface area contributed by atoms with Crippen molar-refractivity contribution in [1.82, 2.24) is 4.98 Å². The van der Waals surface area contributed by atoms with E-state index in [1.54, 1.807) is 0 Å². The predicted molar refractivity (Wildman–Crippen MR) is 47.3 cm³/mol. The van der Waals surface area contributed by atoms with Gasteiger partial charge in [0, 0.05) is 5.56 Å². The van der Waals surface area contributed by atoms with Gasteiger partial charge in [-0.3, -0.25) is 4.79 Å². The van der Waals surface area contributed by atoms with Crippen LogP contribution in [0.15, 0.2) is 10.7 Å². The maximum absolute atomic E-state index is 12.4. The monoisotopic (exact) mass is 303 g/mol. The number of nitrogens with zero attached hydrogens (tertiary/aromatic N) is 1. The lowest BCUT2D eigenvalue weighted by Gasteiger charge is -2.12. The third-order valence-electron chi connectivity index (χ3n) is 1.66. The summed E-state index contributed by atoms with van der Waals surface area (Å²) in [5.41, 5.74) is -3.11.